The van der Waals surface area contributed by atoms with Crippen molar-refractivity contribution in [2.24, 2.45) is 5.73 Å². The molecule has 0 saturated carbocycles. The molecule has 0 saturated heterocycles. The SMILES string of the molecule is Cc1ccc(CN(Cc2ccc(CP(=O)(O)O)cc2)Cc2cccc(CN)c2)cc1. The van der Waals surface area contributed by atoms with Gasteiger partial charge in [-0.05, 0) is 34.7 Å². The van der Waals surface area contributed by atoms with Gasteiger partial charge in [-0.2, -0.15) is 0 Å². The van der Waals surface area contributed by atoms with Crippen LogP contribution < -0.4 is 5.73 Å². The second-order valence-electron chi connectivity index (χ2n) is 7.79. The minimum absolute atomic E-state index is 0.230. The predicted octanol–water partition coefficient (Wildman–Crippen LogP) is 4.33. The first-order chi connectivity index (χ1) is 14.3. The van der Waals surface area contributed by atoms with Crippen molar-refractivity contribution >= 4 is 7.60 Å². The van der Waals surface area contributed by atoms with Gasteiger partial charge in [-0.15, -0.1) is 0 Å². The maximum Gasteiger partial charge on any atom is 0.329 e. The molecule has 4 N–H and O–H groups in total. The van der Waals surface area contributed by atoms with Gasteiger partial charge in [-0.3, -0.25) is 9.46 Å². The summed E-state index contributed by atoms with van der Waals surface area (Å²) >= 11 is 0. The number of hydrogen-bond acceptors (Lipinski definition) is 3. The third kappa shape index (κ3) is 7.21. The summed E-state index contributed by atoms with van der Waals surface area (Å²) in [6.45, 7) is 4.92. The van der Waals surface area contributed by atoms with Crippen LogP contribution in [0.5, 0.6) is 0 Å². The molecule has 0 unspecified atom stereocenters. The van der Waals surface area contributed by atoms with Crippen LogP contribution in [0, 0.1) is 6.92 Å². The van der Waals surface area contributed by atoms with Gasteiger partial charge in [0.15, 0.2) is 0 Å². The fourth-order valence-electron chi connectivity index (χ4n) is 3.48. The minimum Gasteiger partial charge on any atom is -0.326 e. The minimum atomic E-state index is -4.05. The van der Waals surface area contributed by atoms with E-state index in [0.29, 0.717) is 12.1 Å². The van der Waals surface area contributed by atoms with Crippen molar-refractivity contribution in [3.05, 3.63) is 106 Å². The lowest BCUT2D eigenvalue weighted by Gasteiger charge is -2.23. The molecule has 0 atom stereocenters. The Hall–Kier alpha value is -2.27. The summed E-state index contributed by atoms with van der Waals surface area (Å²) in [5, 5.41) is 0. The molecule has 0 aliphatic heterocycles. The van der Waals surface area contributed by atoms with Crippen molar-refractivity contribution in [2.45, 2.75) is 39.3 Å². The van der Waals surface area contributed by atoms with Crippen LogP contribution in [0.1, 0.15) is 33.4 Å². The molecule has 3 aromatic rings. The first kappa shape index (κ1) is 22.4. The highest BCUT2D eigenvalue weighted by Gasteiger charge is 2.14. The number of rotatable bonds is 9. The molecule has 0 amide bonds. The summed E-state index contributed by atoms with van der Waals surface area (Å²) in [5.74, 6) is 0. The molecule has 158 valence electrons. The fraction of sp³-hybridized carbons (Fsp3) is 0.250. The van der Waals surface area contributed by atoms with Crippen LogP contribution in [-0.2, 0) is 36.9 Å². The zero-order valence-electron chi connectivity index (χ0n) is 17.2. The average molecular weight is 424 g/mol. The lowest BCUT2D eigenvalue weighted by atomic mass is 10.1. The van der Waals surface area contributed by atoms with E-state index in [-0.39, 0.29) is 6.16 Å². The second kappa shape index (κ2) is 10.2. The first-order valence-electron chi connectivity index (χ1n) is 9.99. The van der Waals surface area contributed by atoms with Crippen LogP contribution in [-0.4, -0.2) is 14.7 Å². The van der Waals surface area contributed by atoms with Crippen molar-refractivity contribution in [3.63, 3.8) is 0 Å². The van der Waals surface area contributed by atoms with E-state index >= 15 is 0 Å². The largest absolute Gasteiger partial charge is 0.329 e. The molecule has 0 aliphatic rings. The molecule has 3 rings (SSSR count). The molecular formula is C24H29N2O3P. The molecule has 0 fully saturated rings. The Bertz CT molecular complexity index is 998. The van der Waals surface area contributed by atoms with Gasteiger partial charge in [0.05, 0.1) is 6.16 Å². The maximum absolute atomic E-state index is 11.2. The summed E-state index contributed by atoms with van der Waals surface area (Å²) in [4.78, 5) is 20.7. The molecule has 0 bridgehead atoms. The lowest BCUT2D eigenvalue weighted by molar-refractivity contribution is 0.247. The number of hydrogen-bond donors (Lipinski definition) is 3. The Morgan fingerprint density at radius 1 is 0.767 bits per heavy atom. The van der Waals surface area contributed by atoms with E-state index in [0.717, 1.165) is 30.8 Å². The normalized spacial score (nSPS) is 11.8. The van der Waals surface area contributed by atoms with Gasteiger partial charge >= 0.3 is 7.60 Å². The van der Waals surface area contributed by atoms with Crippen LogP contribution in [0.15, 0.2) is 72.8 Å². The monoisotopic (exact) mass is 424 g/mol. The van der Waals surface area contributed by atoms with Crippen molar-refractivity contribution in [3.8, 4) is 0 Å². The van der Waals surface area contributed by atoms with E-state index in [2.05, 4.69) is 48.2 Å². The molecule has 0 heterocycles. The Kier molecular flexibility index (Phi) is 7.59. The van der Waals surface area contributed by atoms with E-state index < -0.39 is 7.60 Å². The summed E-state index contributed by atoms with van der Waals surface area (Å²) in [6, 6.07) is 24.4. The van der Waals surface area contributed by atoms with E-state index in [4.69, 9.17) is 5.73 Å². The van der Waals surface area contributed by atoms with Gasteiger partial charge in [0.25, 0.3) is 0 Å². The fourth-order valence-corrected chi connectivity index (χ4v) is 4.17. The third-order valence-electron chi connectivity index (χ3n) is 4.98. The highest BCUT2D eigenvalue weighted by atomic mass is 31.2. The van der Waals surface area contributed by atoms with Gasteiger partial charge in [0.1, 0.15) is 0 Å². The molecular weight excluding hydrogens is 395 g/mol. The Labute approximate surface area is 178 Å². The number of benzene rings is 3. The second-order valence-corrected chi connectivity index (χ2v) is 9.44. The first-order valence-corrected chi connectivity index (χ1v) is 11.8. The van der Waals surface area contributed by atoms with Crippen LogP contribution in [0.3, 0.4) is 0 Å². The quantitative estimate of drug-likeness (QED) is 0.445. The zero-order chi connectivity index (χ0) is 21.6. The van der Waals surface area contributed by atoms with Crippen molar-refractivity contribution < 1.29 is 14.4 Å². The van der Waals surface area contributed by atoms with E-state index in [1.165, 1.54) is 16.7 Å². The molecule has 0 spiro atoms. The van der Waals surface area contributed by atoms with Crippen LogP contribution in [0.4, 0.5) is 0 Å². The van der Waals surface area contributed by atoms with Gasteiger partial charge in [0, 0.05) is 26.2 Å². The molecule has 6 heteroatoms. The summed E-state index contributed by atoms with van der Waals surface area (Å²) in [6.07, 6.45) is -0.230. The Balaban J connectivity index is 1.77. The predicted molar refractivity (Wildman–Crippen MR) is 121 cm³/mol. The maximum atomic E-state index is 11.2. The van der Waals surface area contributed by atoms with E-state index in [9.17, 15) is 14.4 Å². The van der Waals surface area contributed by atoms with Crippen LogP contribution in [0.25, 0.3) is 0 Å². The van der Waals surface area contributed by atoms with Gasteiger partial charge < -0.3 is 15.5 Å². The third-order valence-corrected chi connectivity index (χ3v) is 5.75. The molecule has 3 aromatic carbocycles. The van der Waals surface area contributed by atoms with Crippen molar-refractivity contribution in [1.29, 1.82) is 0 Å². The highest BCUT2D eigenvalue weighted by Crippen LogP contribution is 2.38. The van der Waals surface area contributed by atoms with Crippen molar-refractivity contribution in [1.82, 2.24) is 4.90 Å². The Morgan fingerprint density at radius 3 is 1.83 bits per heavy atom. The summed E-state index contributed by atoms with van der Waals surface area (Å²) in [5.41, 5.74) is 12.4. The van der Waals surface area contributed by atoms with Gasteiger partial charge in [-0.1, -0.05) is 78.4 Å². The highest BCUT2D eigenvalue weighted by molar-refractivity contribution is 7.50. The van der Waals surface area contributed by atoms with E-state index in [1.54, 1.807) is 12.1 Å². The average Bonchev–Trinajstić information content (AvgIpc) is 2.70. The standard InChI is InChI=1S/C24H29N2O3P/c1-19-5-7-20(8-6-19)15-26(17-24-4-2-3-23(13-24)14-25)16-21-9-11-22(12-10-21)18-30(27,28)29/h2-13H,14-18,25H2,1H3,(H2,27,28,29). The van der Waals surface area contributed by atoms with Crippen LogP contribution >= 0.6 is 7.60 Å². The zero-order valence-corrected chi connectivity index (χ0v) is 18.1. The van der Waals surface area contributed by atoms with Gasteiger partial charge in [0.2, 0.25) is 0 Å². The summed E-state index contributed by atoms with van der Waals surface area (Å²) < 4.78 is 11.2. The summed E-state index contributed by atoms with van der Waals surface area (Å²) in [7, 11) is -4.05. The topological polar surface area (TPSA) is 86.8 Å². The lowest BCUT2D eigenvalue weighted by Crippen LogP contribution is -2.22. The van der Waals surface area contributed by atoms with E-state index in [1.807, 2.05) is 24.3 Å². The number of nitrogens with zero attached hydrogens (tertiary/aromatic N) is 1. The van der Waals surface area contributed by atoms with Crippen molar-refractivity contribution in [2.75, 3.05) is 0 Å². The molecule has 30 heavy (non-hydrogen) atoms. The number of aryl methyl sites for hydroxylation is 1. The van der Waals surface area contributed by atoms with Crippen LogP contribution in [0.2, 0.25) is 0 Å². The Morgan fingerprint density at radius 2 is 1.27 bits per heavy atom. The smallest absolute Gasteiger partial charge is 0.326 e. The molecule has 0 aromatic heterocycles. The molecule has 0 aliphatic carbocycles. The molecule has 5 nitrogen and oxygen atoms in total. The van der Waals surface area contributed by atoms with Gasteiger partial charge in [-0.25, -0.2) is 0 Å². The number of nitrogens with two attached hydrogens (primary N) is 1. The molecule has 0 radical (unpaired) electrons.